The molecule has 0 radical (unpaired) electrons. The topological polar surface area (TPSA) is 37.3 Å². The second-order valence-corrected chi connectivity index (χ2v) is 4.23. The van der Waals surface area contributed by atoms with Crippen LogP contribution in [0.3, 0.4) is 0 Å². The molecule has 1 N–H and O–H groups in total. The van der Waals surface area contributed by atoms with Crippen LogP contribution in [0.15, 0.2) is 48.5 Å². The highest BCUT2D eigenvalue weighted by molar-refractivity contribution is 6.20. The van der Waals surface area contributed by atoms with Crippen molar-refractivity contribution in [2.24, 2.45) is 0 Å². The Hall–Kier alpha value is -2.42. The molecule has 0 fully saturated rings. The fraction of sp³-hybridized carbons (Fsp3) is 0.0625. The summed E-state index contributed by atoms with van der Waals surface area (Å²) in [7, 11) is 0. The number of rotatable bonds is 3. The predicted molar refractivity (Wildman–Crippen MR) is 73.1 cm³/mol. The van der Waals surface area contributed by atoms with Crippen molar-refractivity contribution >= 4 is 17.6 Å². The lowest BCUT2D eigenvalue weighted by atomic mass is 10.0. The van der Waals surface area contributed by atoms with Crippen LogP contribution in [0.2, 0.25) is 0 Å². The lowest BCUT2D eigenvalue weighted by Crippen LogP contribution is -2.00. The number of halogens is 1. The Morgan fingerprint density at radius 1 is 1.16 bits per heavy atom. The molecular weight excluding hydrogens is 243 g/mol. The van der Waals surface area contributed by atoms with E-state index in [1.807, 2.05) is 13.0 Å². The van der Waals surface area contributed by atoms with Crippen LogP contribution in [0.25, 0.3) is 11.6 Å². The molecule has 0 spiro atoms. The second-order valence-electron chi connectivity index (χ2n) is 4.23. The van der Waals surface area contributed by atoms with E-state index in [-0.39, 0.29) is 11.4 Å². The molecule has 96 valence electrons. The summed E-state index contributed by atoms with van der Waals surface area (Å²) >= 11 is 0. The van der Waals surface area contributed by atoms with Gasteiger partial charge in [0.15, 0.2) is 0 Å². The Morgan fingerprint density at radius 3 is 2.47 bits per heavy atom. The van der Waals surface area contributed by atoms with Crippen molar-refractivity contribution < 1.29 is 14.3 Å². The van der Waals surface area contributed by atoms with Crippen LogP contribution in [0.4, 0.5) is 4.39 Å². The Bertz CT molecular complexity index is 630. The number of carboxylic acids is 1. The first-order valence-corrected chi connectivity index (χ1v) is 5.84. The molecule has 0 saturated carbocycles. The summed E-state index contributed by atoms with van der Waals surface area (Å²) in [5.41, 5.74) is 2.14. The molecule has 2 rings (SSSR count). The Kier molecular flexibility index (Phi) is 3.76. The molecule has 2 nitrogen and oxygen atoms in total. The van der Waals surface area contributed by atoms with Gasteiger partial charge < -0.3 is 5.11 Å². The minimum Gasteiger partial charge on any atom is -0.478 e. The van der Waals surface area contributed by atoms with Gasteiger partial charge in [-0.15, -0.1) is 0 Å². The van der Waals surface area contributed by atoms with Crippen LogP contribution in [0.1, 0.15) is 16.7 Å². The van der Waals surface area contributed by atoms with Crippen molar-refractivity contribution in [1.29, 1.82) is 0 Å². The largest absolute Gasteiger partial charge is 0.478 e. The summed E-state index contributed by atoms with van der Waals surface area (Å²) in [6.07, 6.45) is 1.50. The molecule has 0 saturated heterocycles. The van der Waals surface area contributed by atoms with Gasteiger partial charge in [-0.05, 0) is 41.8 Å². The average Bonchev–Trinajstić information content (AvgIpc) is 2.40. The summed E-state index contributed by atoms with van der Waals surface area (Å²) in [5.74, 6) is -1.41. The van der Waals surface area contributed by atoms with E-state index in [1.165, 1.54) is 18.2 Å². The highest BCUT2D eigenvalue weighted by atomic mass is 19.1. The van der Waals surface area contributed by atoms with Crippen LogP contribution in [0, 0.1) is 12.7 Å². The predicted octanol–water partition coefficient (Wildman–Crippen LogP) is 3.76. The van der Waals surface area contributed by atoms with E-state index in [9.17, 15) is 14.3 Å². The molecular formula is C16H13FO2. The van der Waals surface area contributed by atoms with E-state index in [0.29, 0.717) is 11.1 Å². The first kappa shape index (κ1) is 13.0. The summed E-state index contributed by atoms with van der Waals surface area (Å²) in [4.78, 5) is 11.3. The van der Waals surface area contributed by atoms with Gasteiger partial charge >= 0.3 is 5.97 Å². The molecule has 0 aromatic heterocycles. The minimum atomic E-state index is -1.03. The number of carboxylic acid groups (broad SMARTS) is 1. The molecule has 0 atom stereocenters. The third kappa shape index (κ3) is 3.07. The summed E-state index contributed by atoms with van der Waals surface area (Å²) in [6.45, 7) is 1.82. The standard InChI is InChI=1S/C16H13FO2/c1-11-7-8-14(17)9-13(11)10-15(16(18)19)12-5-3-2-4-6-12/h2-10H,1H3,(H,18,19)/b15-10+. The van der Waals surface area contributed by atoms with Crippen LogP contribution >= 0.6 is 0 Å². The van der Waals surface area contributed by atoms with E-state index in [4.69, 9.17) is 0 Å². The van der Waals surface area contributed by atoms with Crippen molar-refractivity contribution in [2.75, 3.05) is 0 Å². The van der Waals surface area contributed by atoms with Gasteiger partial charge in [0.25, 0.3) is 0 Å². The maximum absolute atomic E-state index is 13.2. The zero-order valence-corrected chi connectivity index (χ0v) is 10.4. The summed E-state index contributed by atoms with van der Waals surface area (Å²) in [6, 6.07) is 13.1. The minimum absolute atomic E-state index is 0.148. The van der Waals surface area contributed by atoms with Gasteiger partial charge in [0.05, 0.1) is 5.57 Å². The highest BCUT2D eigenvalue weighted by Crippen LogP contribution is 2.21. The lowest BCUT2D eigenvalue weighted by molar-refractivity contribution is -0.130. The van der Waals surface area contributed by atoms with Crippen molar-refractivity contribution in [2.45, 2.75) is 6.92 Å². The maximum atomic E-state index is 13.2. The third-order valence-electron chi connectivity index (χ3n) is 2.86. The Balaban J connectivity index is 2.54. The molecule has 2 aromatic carbocycles. The third-order valence-corrected chi connectivity index (χ3v) is 2.86. The van der Waals surface area contributed by atoms with Crippen LogP contribution < -0.4 is 0 Å². The number of hydrogen-bond donors (Lipinski definition) is 1. The van der Waals surface area contributed by atoms with Crippen molar-refractivity contribution in [3.05, 3.63) is 71.0 Å². The van der Waals surface area contributed by atoms with Gasteiger partial charge in [0.1, 0.15) is 5.82 Å². The first-order chi connectivity index (χ1) is 9.08. The van der Waals surface area contributed by atoms with Gasteiger partial charge in [0, 0.05) is 0 Å². The van der Waals surface area contributed by atoms with Crippen molar-refractivity contribution in [3.63, 3.8) is 0 Å². The zero-order chi connectivity index (χ0) is 13.8. The molecule has 0 aliphatic carbocycles. The van der Waals surface area contributed by atoms with Gasteiger partial charge in [-0.3, -0.25) is 0 Å². The Labute approximate surface area is 110 Å². The molecule has 0 aliphatic heterocycles. The molecule has 0 aliphatic rings. The molecule has 0 heterocycles. The van der Waals surface area contributed by atoms with Crippen molar-refractivity contribution in [1.82, 2.24) is 0 Å². The second kappa shape index (κ2) is 5.48. The average molecular weight is 256 g/mol. The number of aliphatic carboxylic acids is 1. The molecule has 0 amide bonds. The summed E-state index contributed by atoms with van der Waals surface area (Å²) in [5, 5.41) is 9.29. The van der Waals surface area contributed by atoms with E-state index in [2.05, 4.69) is 0 Å². The molecule has 0 unspecified atom stereocenters. The normalized spacial score (nSPS) is 11.4. The van der Waals surface area contributed by atoms with Gasteiger partial charge in [-0.2, -0.15) is 0 Å². The molecule has 19 heavy (non-hydrogen) atoms. The van der Waals surface area contributed by atoms with Gasteiger partial charge in [0.2, 0.25) is 0 Å². The number of carbonyl (C=O) groups is 1. The molecule has 2 aromatic rings. The summed E-state index contributed by atoms with van der Waals surface area (Å²) < 4.78 is 13.2. The fourth-order valence-electron chi connectivity index (χ4n) is 1.81. The molecule has 3 heteroatoms. The zero-order valence-electron chi connectivity index (χ0n) is 10.4. The van der Waals surface area contributed by atoms with Gasteiger partial charge in [-0.1, -0.05) is 36.4 Å². The van der Waals surface area contributed by atoms with Crippen molar-refractivity contribution in [3.8, 4) is 0 Å². The quantitative estimate of drug-likeness (QED) is 0.670. The highest BCUT2D eigenvalue weighted by Gasteiger charge is 2.10. The lowest BCUT2D eigenvalue weighted by Gasteiger charge is -2.05. The number of benzene rings is 2. The van der Waals surface area contributed by atoms with E-state index in [0.717, 1.165) is 5.56 Å². The monoisotopic (exact) mass is 256 g/mol. The first-order valence-electron chi connectivity index (χ1n) is 5.84. The van der Waals surface area contributed by atoms with E-state index in [1.54, 1.807) is 30.3 Å². The number of hydrogen-bond acceptors (Lipinski definition) is 1. The smallest absolute Gasteiger partial charge is 0.336 e. The SMILES string of the molecule is Cc1ccc(F)cc1/C=C(/C(=O)O)c1ccccc1. The van der Waals surface area contributed by atoms with E-state index >= 15 is 0 Å². The Morgan fingerprint density at radius 2 is 1.84 bits per heavy atom. The van der Waals surface area contributed by atoms with Gasteiger partial charge in [-0.25, -0.2) is 9.18 Å². The fourth-order valence-corrected chi connectivity index (χ4v) is 1.81. The van der Waals surface area contributed by atoms with Crippen LogP contribution in [-0.2, 0) is 4.79 Å². The van der Waals surface area contributed by atoms with Crippen LogP contribution in [-0.4, -0.2) is 11.1 Å². The maximum Gasteiger partial charge on any atom is 0.336 e. The molecule has 0 bridgehead atoms. The van der Waals surface area contributed by atoms with E-state index < -0.39 is 5.97 Å². The van der Waals surface area contributed by atoms with Crippen LogP contribution in [0.5, 0.6) is 0 Å². The number of aryl methyl sites for hydroxylation is 1.